The molecule has 0 saturated heterocycles. The summed E-state index contributed by atoms with van der Waals surface area (Å²) < 4.78 is 3.84. The number of fused-ring (bicyclic) bond motifs is 1. The lowest BCUT2D eigenvalue weighted by atomic mass is 10.3. The van der Waals surface area contributed by atoms with E-state index in [1.807, 2.05) is 27.4 Å². The molecule has 0 aliphatic carbocycles. The van der Waals surface area contributed by atoms with Crippen molar-refractivity contribution in [2.45, 2.75) is 26.8 Å². The Bertz CT molecular complexity index is 724. The highest BCUT2D eigenvalue weighted by Gasteiger charge is 2.14. The predicted octanol–water partition coefficient (Wildman–Crippen LogP) is 1.76. The van der Waals surface area contributed by atoms with Gasteiger partial charge in [0.25, 0.3) is 0 Å². The molecule has 0 saturated carbocycles. The monoisotopic (exact) mass is 256 g/mol. The van der Waals surface area contributed by atoms with Gasteiger partial charge in [-0.25, -0.2) is 0 Å². The van der Waals surface area contributed by atoms with Crippen LogP contribution in [0.2, 0.25) is 0 Å². The van der Waals surface area contributed by atoms with Gasteiger partial charge in [-0.3, -0.25) is 9.08 Å². The fourth-order valence-corrected chi connectivity index (χ4v) is 2.15. The summed E-state index contributed by atoms with van der Waals surface area (Å²) in [5.41, 5.74) is 9.33. The smallest absolute Gasteiger partial charge is 0.186 e. The summed E-state index contributed by atoms with van der Waals surface area (Å²) in [7, 11) is 0. The Labute approximate surface area is 110 Å². The number of hydrogen-bond donors (Lipinski definition) is 1. The number of nitrogen functional groups attached to an aromatic ring is 1. The van der Waals surface area contributed by atoms with Crippen LogP contribution in [0, 0.1) is 0 Å². The van der Waals surface area contributed by atoms with Crippen LogP contribution in [0.3, 0.4) is 0 Å². The minimum atomic E-state index is 0.687. The van der Waals surface area contributed by atoms with Gasteiger partial charge in [0.05, 0.1) is 5.69 Å². The molecule has 3 heterocycles. The van der Waals surface area contributed by atoms with Gasteiger partial charge in [0.1, 0.15) is 5.69 Å². The van der Waals surface area contributed by atoms with Crippen molar-refractivity contribution in [3.8, 4) is 11.5 Å². The molecule has 3 aromatic heterocycles. The first-order chi connectivity index (χ1) is 9.22. The van der Waals surface area contributed by atoms with Crippen molar-refractivity contribution in [2.75, 3.05) is 5.73 Å². The highest BCUT2D eigenvalue weighted by atomic mass is 15.3. The van der Waals surface area contributed by atoms with Gasteiger partial charge >= 0.3 is 0 Å². The van der Waals surface area contributed by atoms with Gasteiger partial charge in [-0.05, 0) is 31.5 Å². The summed E-state index contributed by atoms with van der Waals surface area (Å²) >= 11 is 0. The van der Waals surface area contributed by atoms with E-state index in [9.17, 15) is 0 Å². The van der Waals surface area contributed by atoms with Crippen molar-refractivity contribution in [3.05, 3.63) is 30.1 Å². The average molecular weight is 256 g/mol. The lowest BCUT2D eigenvalue weighted by Gasteiger charge is -2.03. The molecule has 0 aromatic carbocycles. The van der Waals surface area contributed by atoms with E-state index in [4.69, 9.17) is 5.73 Å². The van der Waals surface area contributed by atoms with E-state index in [0.29, 0.717) is 5.69 Å². The van der Waals surface area contributed by atoms with Gasteiger partial charge in [-0.15, -0.1) is 10.2 Å². The quantitative estimate of drug-likeness (QED) is 0.774. The predicted molar refractivity (Wildman–Crippen MR) is 73.7 cm³/mol. The van der Waals surface area contributed by atoms with E-state index in [0.717, 1.165) is 35.8 Å². The van der Waals surface area contributed by atoms with Crippen molar-refractivity contribution in [3.63, 3.8) is 0 Å². The van der Waals surface area contributed by atoms with E-state index in [2.05, 4.69) is 35.2 Å². The standard InChI is InChI=1S/C13H16N6/c1-3-10-7-11(19(4-2)17-10)13-16-15-12-6-5-9(14)8-18(12)13/h5-8H,3-4,14H2,1-2H3. The normalized spacial score (nSPS) is 11.3. The third-order valence-corrected chi connectivity index (χ3v) is 3.15. The highest BCUT2D eigenvalue weighted by Crippen LogP contribution is 2.21. The van der Waals surface area contributed by atoms with Crippen LogP contribution in [-0.2, 0) is 13.0 Å². The molecule has 0 fully saturated rings. The van der Waals surface area contributed by atoms with Crippen LogP contribution in [0.15, 0.2) is 24.4 Å². The second-order valence-corrected chi connectivity index (χ2v) is 4.40. The van der Waals surface area contributed by atoms with Gasteiger partial charge < -0.3 is 5.73 Å². The minimum Gasteiger partial charge on any atom is -0.398 e. The molecule has 0 radical (unpaired) electrons. The number of nitrogens with zero attached hydrogens (tertiary/aromatic N) is 5. The summed E-state index contributed by atoms with van der Waals surface area (Å²) in [5.74, 6) is 0.774. The maximum absolute atomic E-state index is 5.83. The Kier molecular flexibility index (Phi) is 2.70. The van der Waals surface area contributed by atoms with Crippen LogP contribution in [-0.4, -0.2) is 24.4 Å². The van der Waals surface area contributed by atoms with E-state index in [-0.39, 0.29) is 0 Å². The van der Waals surface area contributed by atoms with Gasteiger partial charge in [0, 0.05) is 18.4 Å². The lowest BCUT2D eigenvalue weighted by molar-refractivity contribution is 0.651. The molecular weight excluding hydrogens is 240 g/mol. The Balaban J connectivity index is 2.23. The van der Waals surface area contributed by atoms with Crippen LogP contribution >= 0.6 is 0 Å². The average Bonchev–Trinajstić information content (AvgIpc) is 3.00. The fourth-order valence-electron chi connectivity index (χ4n) is 2.15. The van der Waals surface area contributed by atoms with Crippen molar-refractivity contribution >= 4 is 11.3 Å². The number of pyridine rings is 1. The second kappa shape index (κ2) is 4.38. The largest absolute Gasteiger partial charge is 0.398 e. The van der Waals surface area contributed by atoms with Crippen LogP contribution < -0.4 is 5.73 Å². The molecule has 0 amide bonds. The summed E-state index contributed by atoms with van der Waals surface area (Å²) in [6, 6.07) is 5.74. The van der Waals surface area contributed by atoms with Gasteiger partial charge in [0.2, 0.25) is 0 Å². The summed E-state index contributed by atoms with van der Waals surface area (Å²) in [6.07, 6.45) is 2.74. The van der Waals surface area contributed by atoms with Crippen molar-refractivity contribution < 1.29 is 0 Å². The zero-order valence-corrected chi connectivity index (χ0v) is 11.0. The molecule has 3 rings (SSSR count). The zero-order chi connectivity index (χ0) is 13.4. The van der Waals surface area contributed by atoms with Crippen LogP contribution in [0.5, 0.6) is 0 Å². The molecule has 3 aromatic rings. The van der Waals surface area contributed by atoms with E-state index in [1.165, 1.54) is 0 Å². The number of hydrogen-bond acceptors (Lipinski definition) is 4. The van der Waals surface area contributed by atoms with Crippen molar-refractivity contribution in [1.82, 2.24) is 24.4 Å². The molecule has 0 atom stereocenters. The second-order valence-electron chi connectivity index (χ2n) is 4.40. The number of anilines is 1. The molecule has 19 heavy (non-hydrogen) atoms. The molecule has 0 unspecified atom stereocenters. The molecule has 0 aliphatic rings. The van der Waals surface area contributed by atoms with E-state index >= 15 is 0 Å². The van der Waals surface area contributed by atoms with Gasteiger partial charge in [-0.1, -0.05) is 6.92 Å². The van der Waals surface area contributed by atoms with Crippen LogP contribution in [0.25, 0.3) is 17.2 Å². The third-order valence-electron chi connectivity index (χ3n) is 3.15. The zero-order valence-electron chi connectivity index (χ0n) is 11.0. The molecule has 6 nitrogen and oxygen atoms in total. The maximum atomic E-state index is 5.83. The summed E-state index contributed by atoms with van der Waals surface area (Å²) in [4.78, 5) is 0. The minimum absolute atomic E-state index is 0.687. The first-order valence-electron chi connectivity index (χ1n) is 6.40. The van der Waals surface area contributed by atoms with Crippen molar-refractivity contribution in [1.29, 1.82) is 0 Å². The van der Waals surface area contributed by atoms with E-state index < -0.39 is 0 Å². The fraction of sp³-hybridized carbons (Fsp3) is 0.308. The van der Waals surface area contributed by atoms with Crippen molar-refractivity contribution in [2.24, 2.45) is 0 Å². The molecule has 0 aliphatic heterocycles. The Hall–Kier alpha value is -2.37. The number of aromatic nitrogens is 5. The topological polar surface area (TPSA) is 74.0 Å². The molecule has 98 valence electrons. The van der Waals surface area contributed by atoms with Crippen LogP contribution in [0.1, 0.15) is 19.5 Å². The Morgan fingerprint density at radius 2 is 2.05 bits per heavy atom. The number of aryl methyl sites for hydroxylation is 2. The number of rotatable bonds is 3. The molecule has 6 heteroatoms. The first kappa shape index (κ1) is 11.7. The SMILES string of the molecule is CCc1cc(-c2nnc3ccc(N)cn23)n(CC)n1. The third kappa shape index (κ3) is 1.85. The first-order valence-corrected chi connectivity index (χ1v) is 6.40. The molecule has 2 N–H and O–H groups in total. The maximum Gasteiger partial charge on any atom is 0.186 e. The Morgan fingerprint density at radius 3 is 2.79 bits per heavy atom. The lowest BCUT2D eigenvalue weighted by Crippen LogP contribution is -2.02. The van der Waals surface area contributed by atoms with Crippen LogP contribution in [0.4, 0.5) is 5.69 Å². The van der Waals surface area contributed by atoms with Gasteiger partial charge in [-0.2, -0.15) is 5.10 Å². The summed E-state index contributed by atoms with van der Waals surface area (Å²) in [5, 5.41) is 13.0. The molecule has 0 bridgehead atoms. The Morgan fingerprint density at radius 1 is 1.21 bits per heavy atom. The van der Waals surface area contributed by atoms with E-state index in [1.54, 1.807) is 0 Å². The molecular formula is C13H16N6. The number of nitrogens with two attached hydrogens (primary N) is 1. The van der Waals surface area contributed by atoms with Gasteiger partial charge in [0.15, 0.2) is 11.5 Å². The summed E-state index contributed by atoms with van der Waals surface area (Å²) in [6.45, 7) is 4.95. The highest BCUT2D eigenvalue weighted by molar-refractivity contribution is 5.58. The molecule has 0 spiro atoms.